The first-order chi connectivity index (χ1) is 9.22. The maximum absolute atomic E-state index is 11.9. The Kier molecular flexibility index (Phi) is 4.96. The van der Waals surface area contributed by atoms with Gasteiger partial charge in [-0.25, -0.2) is 4.79 Å². The van der Waals surface area contributed by atoms with E-state index in [2.05, 4.69) is 5.32 Å². The fraction of sp³-hybridized carbons (Fsp3) is 0.500. The van der Waals surface area contributed by atoms with E-state index in [4.69, 9.17) is 10.5 Å². The molecule has 1 atom stereocenters. The largest absolute Gasteiger partial charge is 0.462 e. The average molecular weight is 280 g/mol. The van der Waals surface area contributed by atoms with Gasteiger partial charge in [-0.2, -0.15) is 11.8 Å². The summed E-state index contributed by atoms with van der Waals surface area (Å²) in [6.45, 7) is 3.02. The molecule has 0 radical (unpaired) electrons. The number of carbonyl (C=O) groups is 1. The highest BCUT2D eigenvalue weighted by Crippen LogP contribution is 2.27. The molecule has 1 aliphatic rings. The molecule has 3 N–H and O–H groups in total. The summed E-state index contributed by atoms with van der Waals surface area (Å²) < 4.78 is 5.06. The number of para-hydroxylation sites is 1. The Morgan fingerprint density at radius 2 is 2.42 bits per heavy atom. The van der Waals surface area contributed by atoms with Crippen LogP contribution in [0.5, 0.6) is 0 Å². The van der Waals surface area contributed by atoms with E-state index < -0.39 is 0 Å². The first-order valence-corrected chi connectivity index (χ1v) is 7.75. The topological polar surface area (TPSA) is 64.3 Å². The Bertz CT molecular complexity index is 445. The van der Waals surface area contributed by atoms with Crippen LogP contribution in [0.4, 0.5) is 11.4 Å². The summed E-state index contributed by atoms with van der Waals surface area (Å²) in [6, 6.07) is 5.33. The number of hydrogen-bond acceptors (Lipinski definition) is 5. The fourth-order valence-corrected chi connectivity index (χ4v) is 3.42. The standard InChI is InChI=1S/C14H20N2O2S/c1-2-18-14(17)11-4-3-5-12(15)13(11)16-8-10-6-7-19-9-10/h3-5,10,16H,2,6-9,15H2,1H3. The Hall–Kier alpha value is -1.36. The van der Waals surface area contributed by atoms with Crippen LogP contribution in [-0.2, 0) is 4.74 Å². The molecule has 4 nitrogen and oxygen atoms in total. The molecule has 1 aromatic carbocycles. The van der Waals surface area contributed by atoms with Crippen molar-refractivity contribution < 1.29 is 9.53 Å². The molecule has 1 heterocycles. The predicted molar refractivity (Wildman–Crippen MR) is 80.7 cm³/mol. The van der Waals surface area contributed by atoms with Gasteiger partial charge in [0, 0.05) is 6.54 Å². The third kappa shape index (κ3) is 3.56. The van der Waals surface area contributed by atoms with Crippen LogP contribution in [0, 0.1) is 5.92 Å². The molecular formula is C14H20N2O2S. The highest BCUT2D eigenvalue weighted by molar-refractivity contribution is 7.99. The minimum absolute atomic E-state index is 0.321. The zero-order valence-electron chi connectivity index (χ0n) is 11.1. The molecular weight excluding hydrogens is 260 g/mol. The molecule has 0 amide bonds. The molecule has 2 rings (SSSR count). The summed E-state index contributed by atoms with van der Waals surface area (Å²) in [5, 5.41) is 3.32. The van der Waals surface area contributed by atoms with Crippen LogP contribution in [0.15, 0.2) is 18.2 Å². The van der Waals surface area contributed by atoms with Crippen molar-refractivity contribution in [3.63, 3.8) is 0 Å². The average Bonchev–Trinajstić information content (AvgIpc) is 2.90. The van der Waals surface area contributed by atoms with E-state index in [9.17, 15) is 4.79 Å². The number of nitrogens with one attached hydrogen (secondary N) is 1. The summed E-state index contributed by atoms with van der Waals surface area (Å²) in [4.78, 5) is 11.9. The molecule has 19 heavy (non-hydrogen) atoms. The van der Waals surface area contributed by atoms with Crippen molar-refractivity contribution in [3.8, 4) is 0 Å². The lowest BCUT2D eigenvalue weighted by molar-refractivity contribution is 0.0527. The molecule has 1 aromatic rings. The van der Waals surface area contributed by atoms with Crippen LogP contribution in [0.2, 0.25) is 0 Å². The quantitative estimate of drug-likeness (QED) is 0.641. The Balaban J connectivity index is 2.10. The summed E-state index contributed by atoms with van der Waals surface area (Å²) in [6.07, 6.45) is 1.22. The van der Waals surface area contributed by atoms with Crippen molar-refractivity contribution in [1.82, 2.24) is 0 Å². The highest BCUT2D eigenvalue weighted by Gasteiger charge is 2.18. The molecule has 0 saturated carbocycles. The number of benzene rings is 1. The van der Waals surface area contributed by atoms with Gasteiger partial charge in [0.2, 0.25) is 0 Å². The molecule has 104 valence electrons. The second kappa shape index (κ2) is 6.70. The minimum atomic E-state index is -0.321. The van der Waals surface area contributed by atoms with E-state index in [0.717, 1.165) is 6.54 Å². The van der Waals surface area contributed by atoms with Crippen molar-refractivity contribution in [3.05, 3.63) is 23.8 Å². The van der Waals surface area contributed by atoms with Crippen LogP contribution in [0.1, 0.15) is 23.7 Å². The second-order valence-corrected chi connectivity index (χ2v) is 5.75. The Morgan fingerprint density at radius 3 is 3.11 bits per heavy atom. The number of ether oxygens (including phenoxy) is 1. The number of thioether (sulfide) groups is 1. The van der Waals surface area contributed by atoms with Gasteiger partial charge in [0.1, 0.15) is 0 Å². The summed E-state index contributed by atoms with van der Waals surface area (Å²) in [5.74, 6) is 2.73. The molecule has 1 aliphatic heterocycles. The molecule has 0 spiro atoms. The van der Waals surface area contributed by atoms with Crippen molar-refractivity contribution in [2.75, 3.05) is 35.7 Å². The zero-order valence-corrected chi connectivity index (χ0v) is 12.0. The second-order valence-electron chi connectivity index (χ2n) is 4.60. The summed E-state index contributed by atoms with van der Waals surface area (Å²) in [7, 11) is 0. The number of esters is 1. The van der Waals surface area contributed by atoms with Gasteiger partial charge in [-0.15, -0.1) is 0 Å². The van der Waals surface area contributed by atoms with E-state index in [1.54, 1.807) is 25.1 Å². The summed E-state index contributed by atoms with van der Waals surface area (Å²) in [5.41, 5.74) is 7.79. The third-order valence-electron chi connectivity index (χ3n) is 3.18. The van der Waals surface area contributed by atoms with Crippen LogP contribution < -0.4 is 11.1 Å². The van der Waals surface area contributed by atoms with Gasteiger partial charge in [0.25, 0.3) is 0 Å². The lowest BCUT2D eigenvalue weighted by Gasteiger charge is -2.16. The van der Waals surface area contributed by atoms with E-state index in [-0.39, 0.29) is 5.97 Å². The van der Waals surface area contributed by atoms with E-state index in [1.807, 2.05) is 11.8 Å². The van der Waals surface area contributed by atoms with Crippen LogP contribution >= 0.6 is 11.8 Å². The number of carbonyl (C=O) groups excluding carboxylic acids is 1. The third-order valence-corrected chi connectivity index (χ3v) is 4.42. The van der Waals surface area contributed by atoms with Crippen LogP contribution in [-0.4, -0.2) is 30.6 Å². The minimum Gasteiger partial charge on any atom is -0.462 e. The van der Waals surface area contributed by atoms with E-state index in [0.29, 0.717) is 29.5 Å². The van der Waals surface area contributed by atoms with Gasteiger partial charge in [-0.3, -0.25) is 0 Å². The number of anilines is 2. The molecule has 0 aliphatic carbocycles. The lowest BCUT2D eigenvalue weighted by Crippen LogP contribution is -2.17. The van der Waals surface area contributed by atoms with Crippen LogP contribution in [0.25, 0.3) is 0 Å². The number of rotatable bonds is 5. The van der Waals surface area contributed by atoms with Crippen LogP contribution in [0.3, 0.4) is 0 Å². The highest BCUT2D eigenvalue weighted by atomic mass is 32.2. The fourth-order valence-electron chi connectivity index (χ4n) is 2.14. The monoisotopic (exact) mass is 280 g/mol. The number of nitrogens with two attached hydrogens (primary N) is 1. The van der Waals surface area contributed by atoms with Gasteiger partial charge in [-0.1, -0.05) is 6.07 Å². The number of nitrogen functional groups attached to an aromatic ring is 1. The predicted octanol–water partition coefficient (Wildman–Crippen LogP) is 2.61. The normalized spacial score (nSPS) is 18.3. The molecule has 0 aromatic heterocycles. The Morgan fingerprint density at radius 1 is 1.58 bits per heavy atom. The van der Waals surface area contributed by atoms with Crippen molar-refractivity contribution in [2.24, 2.45) is 5.92 Å². The van der Waals surface area contributed by atoms with Gasteiger partial charge in [0.05, 0.1) is 23.5 Å². The first kappa shape index (κ1) is 14.1. The van der Waals surface area contributed by atoms with E-state index >= 15 is 0 Å². The van der Waals surface area contributed by atoms with Crippen molar-refractivity contribution in [2.45, 2.75) is 13.3 Å². The smallest absolute Gasteiger partial charge is 0.340 e. The SMILES string of the molecule is CCOC(=O)c1cccc(N)c1NCC1CCSC1. The Labute approximate surface area is 118 Å². The van der Waals surface area contributed by atoms with Crippen molar-refractivity contribution in [1.29, 1.82) is 0 Å². The van der Waals surface area contributed by atoms with E-state index in [1.165, 1.54) is 17.9 Å². The van der Waals surface area contributed by atoms with Crippen molar-refractivity contribution >= 4 is 29.1 Å². The maximum atomic E-state index is 11.9. The number of hydrogen-bond donors (Lipinski definition) is 2. The first-order valence-electron chi connectivity index (χ1n) is 6.59. The maximum Gasteiger partial charge on any atom is 0.340 e. The molecule has 1 saturated heterocycles. The summed E-state index contributed by atoms with van der Waals surface area (Å²) >= 11 is 1.98. The lowest BCUT2D eigenvalue weighted by atomic mass is 10.1. The molecule has 1 unspecified atom stereocenters. The molecule has 0 bridgehead atoms. The zero-order chi connectivity index (χ0) is 13.7. The van der Waals surface area contributed by atoms with Gasteiger partial charge < -0.3 is 15.8 Å². The van der Waals surface area contributed by atoms with Gasteiger partial charge >= 0.3 is 5.97 Å². The van der Waals surface area contributed by atoms with Gasteiger partial charge in [-0.05, 0) is 42.9 Å². The van der Waals surface area contributed by atoms with Gasteiger partial charge in [0.15, 0.2) is 0 Å². The molecule has 5 heteroatoms. The molecule has 1 fully saturated rings.